The zero-order chi connectivity index (χ0) is 71.9. The molecule has 0 radical (unpaired) electrons. The Bertz CT molecular complexity index is 2060. The molecule has 0 aliphatic heterocycles. The minimum atomic E-state index is -4.97. The molecule has 0 fully saturated rings. The van der Waals surface area contributed by atoms with Gasteiger partial charge in [0.05, 0.1) is 26.4 Å². The van der Waals surface area contributed by atoms with E-state index in [1.54, 1.807) is 0 Å². The molecule has 0 saturated heterocycles. The second kappa shape index (κ2) is 71.0. The van der Waals surface area contributed by atoms with Gasteiger partial charge in [0.15, 0.2) is 12.2 Å². The molecule has 17 nitrogen and oxygen atoms in total. The molecule has 0 aromatic rings. The number of hydrogen-bond donors (Lipinski definition) is 3. The Balaban J connectivity index is 5.34. The number of esters is 4. The van der Waals surface area contributed by atoms with Gasteiger partial charge in [0.2, 0.25) is 0 Å². The standard InChI is InChI=1S/C79H146O17P2/c1-6-9-12-15-18-21-24-27-29-32-38-43-48-53-58-63-77(82)90-69-74(95-78(83)64-59-54-49-44-39-33-30-28-25-22-19-16-13-10-7-2)70-93-97(85,86)91-66-73(80)67-92-98(87,88)94-71-75(68-89-76(81)62-57-52-47-42-37-31-26-23-20-17-14-11-8-3)96-79(84)65-60-55-50-45-40-35-34-36-41-46-51-56-61-72(4)5/h21-22,24-25,27-30,72-75,80H,6-20,23,26,31-71H2,1-5H3,(H,85,86)(H,87,88)/b24-21-,25-22-,29-27-,30-28-/t73-,74-,75-/m1/s1. The van der Waals surface area contributed by atoms with Crippen LogP contribution in [0.5, 0.6) is 0 Å². The highest BCUT2D eigenvalue weighted by molar-refractivity contribution is 7.47. The maximum Gasteiger partial charge on any atom is 0.472 e. The molecular formula is C79H146O17P2. The highest BCUT2D eigenvalue weighted by Crippen LogP contribution is 2.45. The summed E-state index contributed by atoms with van der Waals surface area (Å²) in [5.41, 5.74) is 0. The van der Waals surface area contributed by atoms with Crippen LogP contribution in [0.2, 0.25) is 0 Å². The van der Waals surface area contributed by atoms with Gasteiger partial charge in [-0.3, -0.25) is 37.3 Å². The molecule has 0 rings (SSSR count). The van der Waals surface area contributed by atoms with Crippen LogP contribution in [0.15, 0.2) is 48.6 Å². The maximum atomic E-state index is 13.1. The van der Waals surface area contributed by atoms with Crippen LogP contribution in [0.25, 0.3) is 0 Å². The molecular weight excluding hydrogens is 1280 g/mol. The van der Waals surface area contributed by atoms with Crippen molar-refractivity contribution in [3.05, 3.63) is 48.6 Å². The van der Waals surface area contributed by atoms with E-state index in [1.165, 1.54) is 161 Å². The zero-order valence-corrected chi connectivity index (χ0v) is 64.7. The molecule has 3 N–H and O–H groups in total. The monoisotopic (exact) mass is 1430 g/mol. The minimum Gasteiger partial charge on any atom is -0.462 e. The van der Waals surface area contributed by atoms with Gasteiger partial charge in [0.1, 0.15) is 19.3 Å². The zero-order valence-electron chi connectivity index (χ0n) is 62.9. The maximum absolute atomic E-state index is 13.1. The van der Waals surface area contributed by atoms with Crippen molar-refractivity contribution in [3.63, 3.8) is 0 Å². The normalized spacial score (nSPS) is 14.2. The highest BCUT2D eigenvalue weighted by Gasteiger charge is 2.30. The Morgan fingerprint density at radius 3 is 0.837 bits per heavy atom. The molecule has 0 amide bonds. The predicted octanol–water partition coefficient (Wildman–Crippen LogP) is 22.8. The Hall–Kier alpha value is -2.98. The van der Waals surface area contributed by atoms with Crippen molar-refractivity contribution in [1.29, 1.82) is 0 Å². The summed E-state index contributed by atoms with van der Waals surface area (Å²) in [7, 11) is -9.94. The third kappa shape index (κ3) is 71.4. The molecule has 0 spiro atoms. The molecule has 0 aliphatic rings. The van der Waals surface area contributed by atoms with Gasteiger partial charge in [0, 0.05) is 25.7 Å². The molecule has 574 valence electrons. The fraction of sp³-hybridized carbons (Fsp3) is 0.848. The number of rotatable bonds is 75. The molecule has 0 bridgehead atoms. The van der Waals surface area contributed by atoms with Crippen LogP contribution in [0.4, 0.5) is 0 Å². The first-order valence-corrected chi connectivity index (χ1v) is 42.8. The summed E-state index contributed by atoms with van der Waals surface area (Å²) in [6, 6.07) is 0. The topological polar surface area (TPSA) is 237 Å². The third-order valence-electron chi connectivity index (χ3n) is 17.3. The number of phosphoric ester groups is 2. The molecule has 0 heterocycles. The van der Waals surface area contributed by atoms with Gasteiger partial charge in [-0.15, -0.1) is 0 Å². The van der Waals surface area contributed by atoms with Crippen LogP contribution in [0.1, 0.15) is 369 Å². The molecule has 0 aromatic carbocycles. The van der Waals surface area contributed by atoms with E-state index in [2.05, 4.69) is 83.2 Å². The molecule has 0 aliphatic carbocycles. The van der Waals surface area contributed by atoms with Crippen LogP contribution < -0.4 is 0 Å². The van der Waals surface area contributed by atoms with E-state index in [4.69, 9.17) is 37.0 Å². The van der Waals surface area contributed by atoms with E-state index in [-0.39, 0.29) is 25.7 Å². The lowest BCUT2D eigenvalue weighted by atomic mass is 10.0. The highest BCUT2D eigenvalue weighted by atomic mass is 31.2. The lowest BCUT2D eigenvalue weighted by molar-refractivity contribution is -0.161. The van der Waals surface area contributed by atoms with E-state index >= 15 is 0 Å². The van der Waals surface area contributed by atoms with Crippen molar-refractivity contribution in [1.82, 2.24) is 0 Å². The summed E-state index contributed by atoms with van der Waals surface area (Å²) < 4.78 is 68.6. The van der Waals surface area contributed by atoms with E-state index in [0.717, 1.165) is 128 Å². The molecule has 0 aromatic heterocycles. The van der Waals surface area contributed by atoms with Crippen LogP contribution in [0.3, 0.4) is 0 Å². The number of carbonyl (C=O) groups is 4. The van der Waals surface area contributed by atoms with Crippen LogP contribution >= 0.6 is 15.6 Å². The van der Waals surface area contributed by atoms with Crippen molar-refractivity contribution in [2.75, 3.05) is 39.6 Å². The average Bonchev–Trinajstić information content (AvgIpc) is 2.09. The number of carbonyl (C=O) groups excluding carboxylic acids is 4. The molecule has 5 atom stereocenters. The number of aliphatic hydroxyl groups excluding tert-OH is 1. The SMILES string of the molecule is CCCCCC/C=C\C=C/CCCCCCCC(=O)OC[C@H](COP(=O)(O)OC[C@@H](O)COP(=O)(O)OC[C@@H](COC(=O)CCCCCCCCCCCCCCC)OC(=O)CCCCCCCCCCCCCCC(C)C)OC(=O)CCCCCCC/C=C\C=C/CCCCCC. The number of allylic oxidation sites excluding steroid dienone is 8. The first-order valence-electron chi connectivity index (χ1n) is 39.8. The van der Waals surface area contributed by atoms with Crippen LogP contribution in [0, 0.1) is 5.92 Å². The predicted molar refractivity (Wildman–Crippen MR) is 400 cm³/mol. The molecule has 98 heavy (non-hydrogen) atoms. The Morgan fingerprint density at radius 1 is 0.316 bits per heavy atom. The van der Waals surface area contributed by atoms with E-state index in [1.807, 2.05) is 0 Å². The molecule has 19 heteroatoms. The summed E-state index contributed by atoms with van der Waals surface area (Å²) in [6.45, 7) is 7.19. The van der Waals surface area contributed by atoms with Gasteiger partial charge in [-0.2, -0.15) is 0 Å². The van der Waals surface area contributed by atoms with Crippen molar-refractivity contribution in [3.8, 4) is 0 Å². The number of ether oxygens (including phenoxy) is 4. The molecule has 2 unspecified atom stereocenters. The van der Waals surface area contributed by atoms with E-state index in [0.29, 0.717) is 25.7 Å². The first kappa shape index (κ1) is 95.0. The van der Waals surface area contributed by atoms with Gasteiger partial charge < -0.3 is 33.8 Å². The Labute approximate surface area is 597 Å². The lowest BCUT2D eigenvalue weighted by Gasteiger charge is -2.21. The van der Waals surface area contributed by atoms with Crippen molar-refractivity contribution < 1.29 is 80.2 Å². The quantitative estimate of drug-likeness (QED) is 0.0169. The van der Waals surface area contributed by atoms with Gasteiger partial charge in [-0.1, -0.05) is 314 Å². The molecule has 0 saturated carbocycles. The summed E-state index contributed by atoms with van der Waals surface area (Å²) in [5.74, 6) is -1.40. The summed E-state index contributed by atoms with van der Waals surface area (Å²) >= 11 is 0. The Morgan fingerprint density at radius 2 is 0.551 bits per heavy atom. The van der Waals surface area contributed by atoms with Crippen molar-refractivity contribution >= 4 is 39.5 Å². The lowest BCUT2D eigenvalue weighted by Crippen LogP contribution is -2.30. The average molecular weight is 1430 g/mol. The van der Waals surface area contributed by atoms with E-state index < -0.39 is 97.5 Å². The van der Waals surface area contributed by atoms with E-state index in [9.17, 15) is 43.2 Å². The van der Waals surface area contributed by atoms with Gasteiger partial charge in [-0.25, -0.2) is 9.13 Å². The van der Waals surface area contributed by atoms with Crippen molar-refractivity contribution in [2.45, 2.75) is 387 Å². The summed E-state index contributed by atoms with van der Waals surface area (Å²) in [6.07, 6.45) is 66.6. The van der Waals surface area contributed by atoms with Crippen LogP contribution in [-0.2, 0) is 65.4 Å². The van der Waals surface area contributed by atoms with Gasteiger partial charge in [0.25, 0.3) is 0 Å². The number of aliphatic hydroxyl groups is 1. The summed E-state index contributed by atoms with van der Waals surface area (Å²) in [4.78, 5) is 72.9. The second-order valence-electron chi connectivity index (χ2n) is 27.6. The number of hydrogen-bond acceptors (Lipinski definition) is 15. The second-order valence-corrected chi connectivity index (χ2v) is 30.5. The minimum absolute atomic E-state index is 0.0784. The van der Waals surface area contributed by atoms with Gasteiger partial charge >= 0.3 is 39.5 Å². The fourth-order valence-electron chi connectivity index (χ4n) is 11.2. The smallest absolute Gasteiger partial charge is 0.462 e. The number of unbranched alkanes of at least 4 members (excludes halogenated alkanes) is 41. The third-order valence-corrected chi connectivity index (χ3v) is 19.2. The largest absolute Gasteiger partial charge is 0.472 e. The van der Waals surface area contributed by atoms with Gasteiger partial charge in [-0.05, 0) is 83.0 Å². The fourth-order valence-corrected chi connectivity index (χ4v) is 12.7. The first-order chi connectivity index (χ1) is 47.5. The van der Waals surface area contributed by atoms with Crippen molar-refractivity contribution in [2.24, 2.45) is 5.92 Å². The number of phosphoric acid groups is 2. The van der Waals surface area contributed by atoms with Crippen LogP contribution in [-0.4, -0.2) is 96.7 Å². The summed E-state index contributed by atoms with van der Waals surface area (Å²) in [5, 5.41) is 10.6. The Kier molecular flexibility index (Phi) is 68.9.